The van der Waals surface area contributed by atoms with Crippen LogP contribution < -0.4 is 15.0 Å². The molecule has 3 amide bonds. The van der Waals surface area contributed by atoms with Crippen molar-refractivity contribution in [1.82, 2.24) is 10.2 Å². The van der Waals surface area contributed by atoms with E-state index >= 15 is 0 Å². The Labute approximate surface area is 187 Å². The minimum atomic E-state index is -0.130. The molecule has 1 aliphatic heterocycles. The van der Waals surface area contributed by atoms with Crippen molar-refractivity contribution < 1.29 is 19.1 Å². The molecular formula is C25H27N3O4. The third-order valence-corrected chi connectivity index (χ3v) is 6.15. The van der Waals surface area contributed by atoms with E-state index in [1.165, 1.54) is 0 Å². The molecule has 1 N–H and O–H groups in total. The fourth-order valence-corrected chi connectivity index (χ4v) is 4.01. The standard InChI is InChI=1S/C25H27N3O4/c29-23(13-14-27-21-3-1-2-4-22(21)32-16-24(27)30)28(20-11-12-20)15-17-5-7-18(8-6-17)25(31)26-19-9-10-19/h1-8,19-20H,9-16H2,(H,26,31). The molecule has 0 spiro atoms. The van der Waals surface area contributed by atoms with E-state index in [1.54, 1.807) is 4.90 Å². The fraction of sp³-hybridized carbons (Fsp3) is 0.400. The molecule has 2 aromatic rings. The third-order valence-electron chi connectivity index (χ3n) is 6.15. The van der Waals surface area contributed by atoms with Crippen LogP contribution in [-0.2, 0) is 16.1 Å². The van der Waals surface area contributed by atoms with Crippen molar-refractivity contribution in [3.8, 4) is 5.75 Å². The van der Waals surface area contributed by atoms with Gasteiger partial charge in [0.15, 0.2) is 6.61 Å². The lowest BCUT2D eigenvalue weighted by atomic mass is 10.1. The van der Waals surface area contributed by atoms with E-state index in [0.717, 1.165) is 36.9 Å². The van der Waals surface area contributed by atoms with Gasteiger partial charge in [0.25, 0.3) is 11.8 Å². The summed E-state index contributed by atoms with van der Waals surface area (Å²) in [4.78, 5) is 41.2. The van der Waals surface area contributed by atoms with Gasteiger partial charge in [0.1, 0.15) is 5.75 Å². The van der Waals surface area contributed by atoms with Gasteiger partial charge in [0.2, 0.25) is 5.91 Å². The van der Waals surface area contributed by atoms with E-state index in [9.17, 15) is 14.4 Å². The molecule has 0 radical (unpaired) electrons. The van der Waals surface area contributed by atoms with Crippen LogP contribution in [0.15, 0.2) is 48.5 Å². The second kappa shape index (κ2) is 8.65. The third kappa shape index (κ3) is 4.61. The van der Waals surface area contributed by atoms with Crippen molar-refractivity contribution in [2.45, 2.75) is 50.7 Å². The second-order valence-corrected chi connectivity index (χ2v) is 8.75. The largest absolute Gasteiger partial charge is 0.482 e. The summed E-state index contributed by atoms with van der Waals surface area (Å²) in [7, 11) is 0. The summed E-state index contributed by atoms with van der Waals surface area (Å²) in [5.74, 6) is 0.545. The van der Waals surface area contributed by atoms with Crippen LogP contribution in [0.3, 0.4) is 0 Å². The highest BCUT2D eigenvalue weighted by atomic mass is 16.5. The van der Waals surface area contributed by atoms with Crippen molar-refractivity contribution in [3.05, 3.63) is 59.7 Å². The van der Waals surface area contributed by atoms with Crippen LogP contribution in [0.4, 0.5) is 5.69 Å². The Kier molecular flexibility index (Phi) is 5.55. The molecular weight excluding hydrogens is 406 g/mol. The number of nitrogens with zero attached hydrogens (tertiary/aromatic N) is 2. The Hall–Kier alpha value is -3.35. The predicted octanol–water partition coefficient (Wildman–Crippen LogP) is 2.89. The molecule has 166 valence electrons. The molecule has 0 saturated heterocycles. The molecule has 2 aliphatic carbocycles. The van der Waals surface area contributed by atoms with Crippen molar-refractivity contribution in [3.63, 3.8) is 0 Å². The van der Waals surface area contributed by atoms with Crippen molar-refractivity contribution >= 4 is 23.4 Å². The first-order valence-corrected chi connectivity index (χ1v) is 11.3. The molecule has 2 aromatic carbocycles. The molecule has 0 bridgehead atoms. The monoisotopic (exact) mass is 433 g/mol. The molecule has 3 aliphatic rings. The minimum Gasteiger partial charge on any atom is -0.482 e. The molecule has 5 rings (SSSR count). The van der Waals surface area contributed by atoms with Crippen LogP contribution in [0.5, 0.6) is 5.75 Å². The van der Waals surface area contributed by atoms with Gasteiger partial charge in [0.05, 0.1) is 5.69 Å². The van der Waals surface area contributed by atoms with Crippen LogP contribution in [0.2, 0.25) is 0 Å². The van der Waals surface area contributed by atoms with Crippen LogP contribution in [0, 0.1) is 0 Å². The number of carbonyl (C=O) groups is 3. The Bertz CT molecular complexity index is 1030. The lowest BCUT2D eigenvalue weighted by Gasteiger charge is -2.30. The zero-order chi connectivity index (χ0) is 22.1. The fourth-order valence-electron chi connectivity index (χ4n) is 4.01. The SMILES string of the molecule is O=C(NC1CC1)c1ccc(CN(C(=O)CCN2C(=O)COc3ccccc32)C2CC2)cc1. The summed E-state index contributed by atoms with van der Waals surface area (Å²) in [6, 6.07) is 15.5. The number of carbonyl (C=O) groups excluding carboxylic acids is 3. The van der Waals surface area contributed by atoms with Gasteiger partial charge in [-0.05, 0) is 55.5 Å². The molecule has 2 fully saturated rings. The predicted molar refractivity (Wildman–Crippen MR) is 119 cm³/mol. The second-order valence-electron chi connectivity index (χ2n) is 8.75. The summed E-state index contributed by atoms with van der Waals surface area (Å²) in [5, 5.41) is 2.99. The lowest BCUT2D eigenvalue weighted by Crippen LogP contribution is -2.42. The highest BCUT2D eigenvalue weighted by molar-refractivity contribution is 5.98. The molecule has 7 heteroatoms. The Morgan fingerprint density at radius 1 is 1.03 bits per heavy atom. The van der Waals surface area contributed by atoms with Gasteiger partial charge < -0.3 is 19.9 Å². The molecule has 7 nitrogen and oxygen atoms in total. The lowest BCUT2D eigenvalue weighted by molar-refractivity contribution is -0.132. The van der Waals surface area contributed by atoms with Crippen LogP contribution in [-0.4, -0.2) is 47.9 Å². The van der Waals surface area contributed by atoms with Gasteiger partial charge in [0, 0.05) is 37.2 Å². The first kappa shape index (κ1) is 20.5. The normalized spacial score (nSPS) is 17.4. The van der Waals surface area contributed by atoms with Gasteiger partial charge >= 0.3 is 0 Å². The zero-order valence-electron chi connectivity index (χ0n) is 18.0. The smallest absolute Gasteiger partial charge is 0.265 e. The highest BCUT2D eigenvalue weighted by Gasteiger charge is 2.33. The van der Waals surface area contributed by atoms with Crippen LogP contribution in [0.25, 0.3) is 0 Å². The summed E-state index contributed by atoms with van der Waals surface area (Å²) in [5.41, 5.74) is 2.37. The average molecular weight is 434 g/mol. The van der Waals surface area contributed by atoms with Crippen molar-refractivity contribution in [2.24, 2.45) is 0 Å². The van der Waals surface area contributed by atoms with E-state index in [1.807, 2.05) is 53.4 Å². The number of benzene rings is 2. The highest BCUT2D eigenvalue weighted by Crippen LogP contribution is 2.32. The Morgan fingerprint density at radius 2 is 1.78 bits per heavy atom. The van der Waals surface area contributed by atoms with Crippen molar-refractivity contribution in [1.29, 1.82) is 0 Å². The maximum Gasteiger partial charge on any atom is 0.265 e. The van der Waals surface area contributed by atoms with E-state index in [4.69, 9.17) is 4.74 Å². The number of nitrogens with one attached hydrogen (secondary N) is 1. The van der Waals surface area contributed by atoms with Crippen molar-refractivity contribution in [2.75, 3.05) is 18.1 Å². The molecule has 1 heterocycles. The van der Waals surface area contributed by atoms with E-state index < -0.39 is 0 Å². The van der Waals surface area contributed by atoms with Crippen LogP contribution >= 0.6 is 0 Å². The summed E-state index contributed by atoms with van der Waals surface area (Å²) in [6.45, 7) is 0.849. The van der Waals surface area contributed by atoms with Gasteiger partial charge in [-0.2, -0.15) is 0 Å². The van der Waals surface area contributed by atoms with Gasteiger partial charge in [-0.1, -0.05) is 24.3 Å². The molecule has 2 saturated carbocycles. The number of anilines is 1. The number of rotatable bonds is 8. The number of fused-ring (bicyclic) bond motifs is 1. The summed E-state index contributed by atoms with van der Waals surface area (Å²) < 4.78 is 5.48. The molecule has 0 atom stereocenters. The van der Waals surface area contributed by atoms with Gasteiger partial charge in [-0.15, -0.1) is 0 Å². The first-order valence-electron chi connectivity index (χ1n) is 11.3. The average Bonchev–Trinajstić information content (AvgIpc) is 3.72. The maximum absolute atomic E-state index is 13.1. The Morgan fingerprint density at radius 3 is 2.50 bits per heavy atom. The quantitative estimate of drug-likeness (QED) is 0.694. The number of ether oxygens (including phenoxy) is 1. The molecule has 0 aromatic heterocycles. The summed E-state index contributed by atoms with van der Waals surface area (Å²) in [6.07, 6.45) is 4.40. The number of hydrogen-bond acceptors (Lipinski definition) is 4. The number of amides is 3. The van der Waals surface area contributed by atoms with E-state index in [2.05, 4.69) is 5.32 Å². The zero-order valence-corrected chi connectivity index (χ0v) is 18.0. The number of para-hydroxylation sites is 2. The maximum atomic E-state index is 13.1. The number of hydrogen-bond donors (Lipinski definition) is 1. The van der Waals surface area contributed by atoms with Crippen LogP contribution in [0.1, 0.15) is 48.0 Å². The van der Waals surface area contributed by atoms with Gasteiger partial charge in [-0.3, -0.25) is 14.4 Å². The first-order chi connectivity index (χ1) is 15.6. The Balaban J connectivity index is 1.21. The summed E-state index contributed by atoms with van der Waals surface area (Å²) >= 11 is 0. The molecule has 0 unspecified atom stereocenters. The topological polar surface area (TPSA) is 79.0 Å². The minimum absolute atomic E-state index is 0.00177. The van der Waals surface area contributed by atoms with E-state index in [0.29, 0.717) is 30.4 Å². The molecule has 32 heavy (non-hydrogen) atoms. The van der Waals surface area contributed by atoms with E-state index in [-0.39, 0.29) is 36.8 Å². The van der Waals surface area contributed by atoms with Gasteiger partial charge in [-0.25, -0.2) is 0 Å².